The van der Waals surface area contributed by atoms with Gasteiger partial charge in [0.25, 0.3) is 0 Å². The third-order valence-corrected chi connectivity index (χ3v) is 4.70. The van der Waals surface area contributed by atoms with Crippen LogP contribution in [0.1, 0.15) is 17.5 Å². The van der Waals surface area contributed by atoms with Gasteiger partial charge >= 0.3 is 0 Å². The van der Waals surface area contributed by atoms with Crippen molar-refractivity contribution < 1.29 is 4.52 Å². The van der Waals surface area contributed by atoms with Crippen LogP contribution in [0.3, 0.4) is 0 Å². The molecule has 0 unspecified atom stereocenters. The maximum absolute atomic E-state index is 5.16. The molecule has 1 aromatic carbocycles. The highest BCUT2D eigenvalue weighted by atomic mass is 32.1. The molecule has 0 spiro atoms. The number of anilines is 1. The van der Waals surface area contributed by atoms with E-state index in [1.165, 1.54) is 0 Å². The van der Waals surface area contributed by atoms with E-state index >= 15 is 0 Å². The lowest BCUT2D eigenvalue weighted by Crippen LogP contribution is -2.08. The second-order valence-corrected chi connectivity index (χ2v) is 6.59. The maximum atomic E-state index is 5.16. The predicted molar refractivity (Wildman–Crippen MR) is 98.8 cm³/mol. The van der Waals surface area contributed by atoms with Crippen LogP contribution >= 0.6 is 11.3 Å². The lowest BCUT2D eigenvalue weighted by atomic mass is 10.1. The quantitative estimate of drug-likeness (QED) is 0.585. The number of hydrogen-bond acceptors (Lipinski definition) is 7. The molecule has 0 aliphatic heterocycles. The summed E-state index contributed by atoms with van der Waals surface area (Å²) in [6.45, 7) is 4.39. The van der Waals surface area contributed by atoms with Crippen LogP contribution in [0.4, 0.5) is 5.82 Å². The average molecular weight is 351 g/mol. The van der Waals surface area contributed by atoms with E-state index in [4.69, 9.17) is 4.52 Å². The lowest BCUT2D eigenvalue weighted by molar-refractivity contribution is 0.377. The zero-order valence-electron chi connectivity index (χ0n) is 14.0. The molecule has 0 bridgehead atoms. The third-order valence-electron chi connectivity index (χ3n) is 3.83. The zero-order valence-corrected chi connectivity index (χ0v) is 14.8. The van der Waals surface area contributed by atoms with Crippen LogP contribution in [0.25, 0.3) is 21.3 Å². The minimum atomic E-state index is 0.626. The number of thiophene rings is 1. The van der Waals surface area contributed by atoms with Crippen molar-refractivity contribution in [3.63, 3.8) is 0 Å². The fourth-order valence-electron chi connectivity index (χ4n) is 2.74. The SMILES string of the molecule is Cc1noc(CCNc2nc(C)nc3scc(-c4ccccc4)c23)n1. The molecule has 0 saturated carbocycles. The molecule has 0 fully saturated rings. The molecular weight excluding hydrogens is 334 g/mol. The number of fused-ring (bicyclic) bond motifs is 1. The van der Waals surface area contributed by atoms with E-state index < -0.39 is 0 Å². The van der Waals surface area contributed by atoms with Gasteiger partial charge in [-0.25, -0.2) is 9.97 Å². The molecule has 0 saturated heterocycles. The van der Waals surface area contributed by atoms with Gasteiger partial charge < -0.3 is 9.84 Å². The summed E-state index contributed by atoms with van der Waals surface area (Å²) < 4.78 is 5.16. The van der Waals surface area contributed by atoms with Gasteiger partial charge in [0.05, 0.1) is 5.39 Å². The first-order valence-corrected chi connectivity index (χ1v) is 8.93. The number of nitrogens with zero attached hydrogens (tertiary/aromatic N) is 4. The Hall–Kier alpha value is -2.80. The number of aryl methyl sites for hydroxylation is 2. The van der Waals surface area contributed by atoms with E-state index in [0.29, 0.717) is 24.7 Å². The van der Waals surface area contributed by atoms with Crippen molar-refractivity contribution in [1.82, 2.24) is 20.1 Å². The molecule has 6 nitrogen and oxygen atoms in total. The van der Waals surface area contributed by atoms with E-state index in [9.17, 15) is 0 Å². The lowest BCUT2D eigenvalue weighted by Gasteiger charge is -2.08. The largest absolute Gasteiger partial charge is 0.369 e. The van der Waals surface area contributed by atoms with Crippen LogP contribution in [0, 0.1) is 13.8 Å². The van der Waals surface area contributed by atoms with Gasteiger partial charge in [-0.05, 0) is 19.4 Å². The van der Waals surface area contributed by atoms with E-state index in [-0.39, 0.29) is 0 Å². The molecule has 0 radical (unpaired) electrons. The van der Waals surface area contributed by atoms with Crippen LogP contribution in [-0.2, 0) is 6.42 Å². The van der Waals surface area contributed by atoms with Crippen molar-refractivity contribution in [2.24, 2.45) is 0 Å². The summed E-state index contributed by atoms with van der Waals surface area (Å²) in [4.78, 5) is 14.4. The molecule has 7 heteroatoms. The van der Waals surface area contributed by atoms with Gasteiger partial charge in [0.1, 0.15) is 16.5 Å². The minimum Gasteiger partial charge on any atom is -0.369 e. The Balaban J connectivity index is 1.66. The Morgan fingerprint density at radius 1 is 1.04 bits per heavy atom. The Kier molecular flexibility index (Phi) is 4.15. The van der Waals surface area contributed by atoms with E-state index in [0.717, 1.165) is 33.0 Å². The van der Waals surface area contributed by atoms with Crippen LogP contribution in [-0.4, -0.2) is 26.7 Å². The minimum absolute atomic E-state index is 0.626. The van der Waals surface area contributed by atoms with Gasteiger partial charge in [-0.15, -0.1) is 11.3 Å². The topological polar surface area (TPSA) is 76.7 Å². The summed E-state index contributed by atoms with van der Waals surface area (Å²) in [5.74, 6) is 2.88. The Labute approximate surface area is 149 Å². The van der Waals surface area contributed by atoms with Gasteiger partial charge in [0.2, 0.25) is 5.89 Å². The first-order valence-electron chi connectivity index (χ1n) is 8.05. The van der Waals surface area contributed by atoms with E-state index in [1.54, 1.807) is 11.3 Å². The Bertz CT molecular complexity index is 1010. The maximum Gasteiger partial charge on any atom is 0.228 e. The van der Waals surface area contributed by atoms with Crippen LogP contribution in [0.2, 0.25) is 0 Å². The number of aromatic nitrogens is 4. The molecule has 4 aromatic rings. The van der Waals surface area contributed by atoms with Gasteiger partial charge in [0.15, 0.2) is 5.82 Å². The fourth-order valence-corrected chi connectivity index (χ4v) is 3.73. The van der Waals surface area contributed by atoms with Crippen LogP contribution in [0.15, 0.2) is 40.2 Å². The van der Waals surface area contributed by atoms with Crippen molar-refractivity contribution in [3.8, 4) is 11.1 Å². The molecule has 4 rings (SSSR count). The molecule has 1 N–H and O–H groups in total. The Morgan fingerprint density at radius 3 is 2.64 bits per heavy atom. The van der Waals surface area contributed by atoms with Crippen LogP contribution < -0.4 is 5.32 Å². The molecule has 0 atom stereocenters. The van der Waals surface area contributed by atoms with Crippen molar-refractivity contribution >= 4 is 27.4 Å². The van der Waals surface area contributed by atoms with Gasteiger partial charge in [-0.2, -0.15) is 4.98 Å². The summed E-state index contributed by atoms with van der Waals surface area (Å²) in [5.41, 5.74) is 2.31. The highest BCUT2D eigenvalue weighted by Gasteiger charge is 2.14. The molecule has 0 amide bonds. The highest BCUT2D eigenvalue weighted by Crippen LogP contribution is 2.36. The van der Waals surface area contributed by atoms with Crippen LogP contribution in [0.5, 0.6) is 0 Å². The summed E-state index contributed by atoms with van der Waals surface area (Å²) >= 11 is 1.64. The number of benzene rings is 1. The van der Waals surface area contributed by atoms with Gasteiger partial charge in [-0.3, -0.25) is 0 Å². The van der Waals surface area contributed by atoms with Crippen molar-refractivity contribution in [3.05, 3.63) is 53.3 Å². The molecule has 0 aliphatic rings. The number of hydrogen-bond donors (Lipinski definition) is 1. The number of nitrogens with one attached hydrogen (secondary N) is 1. The predicted octanol–water partition coefficient (Wildman–Crippen LogP) is 4.01. The normalized spacial score (nSPS) is 11.1. The van der Waals surface area contributed by atoms with E-state index in [2.05, 4.69) is 42.9 Å². The first-order chi connectivity index (χ1) is 12.2. The molecule has 126 valence electrons. The van der Waals surface area contributed by atoms with Gasteiger partial charge in [-0.1, -0.05) is 35.5 Å². The monoisotopic (exact) mass is 351 g/mol. The average Bonchev–Trinajstić information content (AvgIpc) is 3.22. The zero-order chi connectivity index (χ0) is 17.2. The van der Waals surface area contributed by atoms with Gasteiger partial charge in [0, 0.05) is 23.9 Å². The summed E-state index contributed by atoms with van der Waals surface area (Å²) in [6, 6.07) is 10.3. The summed E-state index contributed by atoms with van der Waals surface area (Å²) in [7, 11) is 0. The highest BCUT2D eigenvalue weighted by molar-refractivity contribution is 7.17. The third kappa shape index (κ3) is 3.23. The smallest absolute Gasteiger partial charge is 0.228 e. The summed E-state index contributed by atoms with van der Waals surface area (Å²) in [5, 5.41) is 10.4. The second-order valence-electron chi connectivity index (χ2n) is 5.73. The second kappa shape index (κ2) is 6.60. The molecule has 3 heterocycles. The fraction of sp³-hybridized carbons (Fsp3) is 0.222. The molecule has 0 aliphatic carbocycles. The van der Waals surface area contributed by atoms with E-state index in [1.807, 2.05) is 32.0 Å². The molecular formula is C18H17N5OS. The standard InChI is InChI=1S/C18H17N5OS/c1-11-21-17(19-9-8-15-20-12(2)23-24-15)16-14(10-25-18(16)22-11)13-6-4-3-5-7-13/h3-7,10H,8-9H2,1-2H3,(H,19,21,22). The van der Waals surface area contributed by atoms with Crippen molar-refractivity contribution in [2.75, 3.05) is 11.9 Å². The van der Waals surface area contributed by atoms with Crippen molar-refractivity contribution in [2.45, 2.75) is 20.3 Å². The molecule has 25 heavy (non-hydrogen) atoms. The Morgan fingerprint density at radius 2 is 1.88 bits per heavy atom. The van der Waals surface area contributed by atoms with Crippen molar-refractivity contribution in [1.29, 1.82) is 0 Å². The summed E-state index contributed by atoms with van der Waals surface area (Å²) in [6.07, 6.45) is 0.649. The number of rotatable bonds is 5. The molecule has 3 aromatic heterocycles. The first kappa shape index (κ1) is 15.7.